The highest BCUT2D eigenvalue weighted by Gasteiger charge is 2.14. The molecule has 0 N–H and O–H groups in total. The number of hydrogen-bond acceptors (Lipinski definition) is 1. The van der Waals surface area contributed by atoms with Gasteiger partial charge in [0.2, 0.25) is 0 Å². The molecule has 0 aliphatic rings. The molecule has 0 aliphatic heterocycles. The molecular weight excluding hydrogens is 200 g/mol. The molecule has 1 aromatic carbocycles. The number of amides is 2. The van der Waals surface area contributed by atoms with Crippen LogP contribution in [-0.4, -0.2) is 31.6 Å². The maximum atomic E-state index is 12.0. The number of nitrogens with zero attached hydrogens (tertiary/aromatic N) is 2. The molecule has 1 rings (SSSR count). The van der Waals surface area contributed by atoms with Gasteiger partial charge in [-0.25, -0.2) is 4.79 Å². The maximum absolute atomic E-state index is 12.0. The standard InChI is InChI=1S/C13H20N2O/c1-4-5-11-14(2)13(16)15(3)12-9-7-6-8-10-12/h6-10H,4-5,11H2,1-3H3. The Kier molecular flexibility index (Phi) is 4.83. The first-order valence-corrected chi connectivity index (χ1v) is 5.70. The van der Waals surface area contributed by atoms with Crippen LogP contribution in [0.25, 0.3) is 0 Å². The topological polar surface area (TPSA) is 23.6 Å². The van der Waals surface area contributed by atoms with Gasteiger partial charge < -0.3 is 4.90 Å². The van der Waals surface area contributed by atoms with Gasteiger partial charge in [0.05, 0.1) is 0 Å². The van der Waals surface area contributed by atoms with E-state index in [0.29, 0.717) is 0 Å². The third kappa shape index (κ3) is 3.26. The van der Waals surface area contributed by atoms with Gasteiger partial charge in [-0.2, -0.15) is 0 Å². The highest BCUT2D eigenvalue weighted by Crippen LogP contribution is 2.12. The van der Waals surface area contributed by atoms with Crippen LogP contribution in [-0.2, 0) is 0 Å². The normalized spacial score (nSPS) is 9.94. The molecule has 0 atom stereocenters. The molecule has 0 heterocycles. The first kappa shape index (κ1) is 12.6. The van der Waals surface area contributed by atoms with E-state index in [4.69, 9.17) is 0 Å². The Morgan fingerprint density at radius 2 is 1.81 bits per heavy atom. The van der Waals surface area contributed by atoms with Crippen molar-refractivity contribution in [2.45, 2.75) is 19.8 Å². The number of urea groups is 1. The average Bonchev–Trinajstić information content (AvgIpc) is 2.35. The van der Waals surface area contributed by atoms with Crippen molar-refractivity contribution in [2.24, 2.45) is 0 Å². The SMILES string of the molecule is CCCCN(C)C(=O)N(C)c1ccccc1. The monoisotopic (exact) mass is 220 g/mol. The van der Waals surface area contributed by atoms with Crippen molar-refractivity contribution < 1.29 is 4.79 Å². The van der Waals surface area contributed by atoms with E-state index in [2.05, 4.69) is 6.92 Å². The smallest absolute Gasteiger partial charge is 0.323 e. The lowest BCUT2D eigenvalue weighted by Crippen LogP contribution is -2.39. The van der Waals surface area contributed by atoms with Crippen molar-refractivity contribution in [1.82, 2.24) is 4.90 Å². The summed E-state index contributed by atoms with van der Waals surface area (Å²) in [6.07, 6.45) is 2.15. The second-order valence-electron chi connectivity index (χ2n) is 3.95. The van der Waals surface area contributed by atoms with Crippen molar-refractivity contribution in [2.75, 3.05) is 25.5 Å². The Morgan fingerprint density at radius 3 is 2.38 bits per heavy atom. The van der Waals surface area contributed by atoms with Gasteiger partial charge >= 0.3 is 6.03 Å². The third-order valence-corrected chi connectivity index (χ3v) is 2.60. The van der Waals surface area contributed by atoms with Gasteiger partial charge in [-0.1, -0.05) is 31.5 Å². The molecule has 3 nitrogen and oxygen atoms in total. The van der Waals surface area contributed by atoms with Crippen LogP contribution >= 0.6 is 0 Å². The first-order chi connectivity index (χ1) is 7.66. The fraction of sp³-hybridized carbons (Fsp3) is 0.462. The molecule has 0 saturated carbocycles. The summed E-state index contributed by atoms with van der Waals surface area (Å²) in [6, 6.07) is 9.73. The predicted octanol–water partition coefficient (Wildman–Crippen LogP) is 2.97. The number of benzene rings is 1. The largest absolute Gasteiger partial charge is 0.327 e. The van der Waals surface area contributed by atoms with Crippen molar-refractivity contribution in [3.05, 3.63) is 30.3 Å². The summed E-state index contributed by atoms with van der Waals surface area (Å²) in [6.45, 7) is 2.94. The summed E-state index contributed by atoms with van der Waals surface area (Å²) in [5, 5.41) is 0. The van der Waals surface area contributed by atoms with E-state index in [1.807, 2.05) is 37.4 Å². The Balaban J connectivity index is 2.60. The fourth-order valence-corrected chi connectivity index (χ4v) is 1.51. The van der Waals surface area contributed by atoms with Crippen LogP contribution in [0.15, 0.2) is 30.3 Å². The number of unbranched alkanes of at least 4 members (excludes halogenated alkanes) is 1. The zero-order valence-electron chi connectivity index (χ0n) is 10.3. The van der Waals surface area contributed by atoms with E-state index >= 15 is 0 Å². The number of carbonyl (C=O) groups is 1. The quantitative estimate of drug-likeness (QED) is 0.765. The molecule has 0 saturated heterocycles. The Bertz CT molecular complexity index is 324. The Labute approximate surface area is 97.7 Å². The molecule has 88 valence electrons. The lowest BCUT2D eigenvalue weighted by atomic mass is 10.3. The van der Waals surface area contributed by atoms with E-state index in [1.54, 1.807) is 16.8 Å². The van der Waals surface area contributed by atoms with Crippen LogP contribution in [0.5, 0.6) is 0 Å². The van der Waals surface area contributed by atoms with Gasteiger partial charge in [0.25, 0.3) is 0 Å². The molecular formula is C13H20N2O. The minimum atomic E-state index is 0.0413. The summed E-state index contributed by atoms with van der Waals surface area (Å²) in [5.74, 6) is 0. The van der Waals surface area contributed by atoms with Crippen molar-refractivity contribution >= 4 is 11.7 Å². The average molecular weight is 220 g/mol. The minimum Gasteiger partial charge on any atom is -0.327 e. The van der Waals surface area contributed by atoms with Crippen molar-refractivity contribution in [1.29, 1.82) is 0 Å². The summed E-state index contributed by atoms with van der Waals surface area (Å²) in [7, 11) is 3.65. The van der Waals surface area contributed by atoms with Crippen LogP contribution in [0.4, 0.5) is 10.5 Å². The van der Waals surface area contributed by atoms with Gasteiger partial charge in [-0.15, -0.1) is 0 Å². The number of rotatable bonds is 4. The molecule has 0 radical (unpaired) electrons. The van der Waals surface area contributed by atoms with Gasteiger partial charge in [0.15, 0.2) is 0 Å². The van der Waals surface area contributed by atoms with Crippen LogP contribution in [0.1, 0.15) is 19.8 Å². The summed E-state index contributed by atoms with van der Waals surface area (Å²) in [4.78, 5) is 15.4. The van der Waals surface area contributed by atoms with E-state index in [0.717, 1.165) is 25.1 Å². The molecule has 0 aliphatic carbocycles. The van der Waals surface area contributed by atoms with Gasteiger partial charge in [0, 0.05) is 26.3 Å². The lowest BCUT2D eigenvalue weighted by molar-refractivity contribution is 0.216. The van der Waals surface area contributed by atoms with Crippen LogP contribution in [0.2, 0.25) is 0 Å². The zero-order valence-corrected chi connectivity index (χ0v) is 10.3. The minimum absolute atomic E-state index is 0.0413. The fourth-order valence-electron chi connectivity index (χ4n) is 1.51. The number of hydrogen-bond donors (Lipinski definition) is 0. The number of para-hydroxylation sites is 1. The van der Waals surface area contributed by atoms with E-state index < -0.39 is 0 Å². The molecule has 3 heteroatoms. The summed E-state index contributed by atoms with van der Waals surface area (Å²) in [5.41, 5.74) is 0.927. The van der Waals surface area contributed by atoms with E-state index in [-0.39, 0.29) is 6.03 Å². The Morgan fingerprint density at radius 1 is 1.19 bits per heavy atom. The molecule has 0 unspecified atom stereocenters. The highest BCUT2D eigenvalue weighted by molar-refractivity contribution is 5.91. The van der Waals surface area contributed by atoms with Crippen LogP contribution < -0.4 is 4.90 Å². The van der Waals surface area contributed by atoms with Gasteiger partial charge in [-0.05, 0) is 18.6 Å². The molecule has 0 spiro atoms. The maximum Gasteiger partial charge on any atom is 0.323 e. The summed E-state index contributed by atoms with van der Waals surface area (Å²) >= 11 is 0. The Hall–Kier alpha value is -1.51. The summed E-state index contributed by atoms with van der Waals surface area (Å²) < 4.78 is 0. The second kappa shape index (κ2) is 6.16. The third-order valence-electron chi connectivity index (χ3n) is 2.60. The second-order valence-corrected chi connectivity index (χ2v) is 3.95. The molecule has 1 aromatic rings. The van der Waals surface area contributed by atoms with Crippen molar-refractivity contribution in [3.63, 3.8) is 0 Å². The van der Waals surface area contributed by atoms with Crippen LogP contribution in [0.3, 0.4) is 0 Å². The molecule has 0 aromatic heterocycles. The molecule has 0 fully saturated rings. The van der Waals surface area contributed by atoms with E-state index in [9.17, 15) is 4.79 Å². The molecule has 0 bridgehead atoms. The molecule has 16 heavy (non-hydrogen) atoms. The lowest BCUT2D eigenvalue weighted by Gasteiger charge is -2.24. The highest BCUT2D eigenvalue weighted by atomic mass is 16.2. The van der Waals surface area contributed by atoms with Crippen molar-refractivity contribution in [3.8, 4) is 0 Å². The van der Waals surface area contributed by atoms with Gasteiger partial charge in [-0.3, -0.25) is 4.90 Å². The molecule has 2 amide bonds. The number of anilines is 1. The van der Waals surface area contributed by atoms with Gasteiger partial charge in [0.1, 0.15) is 0 Å². The first-order valence-electron chi connectivity index (χ1n) is 5.70. The van der Waals surface area contributed by atoms with E-state index in [1.165, 1.54) is 0 Å². The predicted molar refractivity (Wildman–Crippen MR) is 67.8 cm³/mol. The number of carbonyl (C=O) groups excluding carboxylic acids is 1. The zero-order chi connectivity index (χ0) is 12.0. The van der Waals surface area contributed by atoms with Crippen LogP contribution in [0, 0.1) is 0 Å².